The summed E-state index contributed by atoms with van der Waals surface area (Å²) in [5.41, 5.74) is -0.0600. The summed E-state index contributed by atoms with van der Waals surface area (Å²) in [5, 5.41) is 8.78. The summed E-state index contributed by atoms with van der Waals surface area (Å²) in [7, 11) is 0. The van der Waals surface area contributed by atoms with Crippen molar-refractivity contribution >= 4 is 5.97 Å². The van der Waals surface area contributed by atoms with Crippen molar-refractivity contribution in [2.75, 3.05) is 0 Å². The van der Waals surface area contributed by atoms with Crippen LogP contribution in [0.1, 0.15) is 43.5 Å². The Morgan fingerprint density at radius 3 is 2.42 bits per heavy atom. The Hall–Kier alpha value is -1.58. The van der Waals surface area contributed by atoms with Crippen LogP contribution < -0.4 is 4.74 Å². The van der Waals surface area contributed by atoms with E-state index in [1.807, 2.05) is 0 Å². The van der Waals surface area contributed by atoms with E-state index in [-0.39, 0.29) is 17.4 Å². The molecule has 0 aromatic heterocycles. The highest BCUT2D eigenvalue weighted by atomic mass is 19.1. The lowest BCUT2D eigenvalue weighted by Gasteiger charge is -2.31. The monoisotopic (exact) mass is 266 g/mol. The van der Waals surface area contributed by atoms with Crippen LogP contribution in [0, 0.1) is 17.7 Å². The molecular weight excluding hydrogens is 247 g/mol. The first-order valence-corrected chi connectivity index (χ1v) is 6.65. The molecule has 1 aromatic carbocycles. The summed E-state index contributed by atoms with van der Waals surface area (Å²) in [6.45, 7) is 4.35. The van der Waals surface area contributed by atoms with Crippen molar-refractivity contribution < 1.29 is 19.0 Å². The summed E-state index contributed by atoms with van der Waals surface area (Å²) < 4.78 is 19.5. The molecule has 4 heteroatoms. The van der Waals surface area contributed by atoms with Crippen molar-refractivity contribution in [1.82, 2.24) is 0 Å². The Kier molecular flexibility index (Phi) is 4.08. The SMILES string of the molecule is CC1CC(C)CC(Oc2ccc(C(=O)O)cc2F)C1. The minimum Gasteiger partial charge on any atom is -0.487 e. The second-order valence-corrected chi connectivity index (χ2v) is 5.61. The molecule has 1 N–H and O–H groups in total. The summed E-state index contributed by atoms with van der Waals surface area (Å²) in [6, 6.07) is 3.78. The Morgan fingerprint density at radius 1 is 1.26 bits per heavy atom. The van der Waals surface area contributed by atoms with Gasteiger partial charge in [-0.2, -0.15) is 0 Å². The van der Waals surface area contributed by atoms with Crippen LogP contribution in [-0.4, -0.2) is 17.2 Å². The number of benzene rings is 1. The molecule has 0 bridgehead atoms. The number of hydrogen-bond donors (Lipinski definition) is 1. The predicted octanol–water partition coefficient (Wildman–Crippen LogP) is 3.73. The topological polar surface area (TPSA) is 46.5 Å². The van der Waals surface area contributed by atoms with Crippen molar-refractivity contribution in [3.63, 3.8) is 0 Å². The van der Waals surface area contributed by atoms with Crippen molar-refractivity contribution in [3.05, 3.63) is 29.6 Å². The molecule has 1 saturated carbocycles. The van der Waals surface area contributed by atoms with Crippen LogP contribution in [0.15, 0.2) is 18.2 Å². The zero-order valence-corrected chi connectivity index (χ0v) is 11.2. The number of carboxylic acid groups (broad SMARTS) is 1. The van der Waals surface area contributed by atoms with Crippen LogP contribution in [0.25, 0.3) is 0 Å². The van der Waals surface area contributed by atoms with E-state index in [0.29, 0.717) is 11.8 Å². The minimum absolute atomic E-state index is 0.0175. The average Bonchev–Trinajstić information content (AvgIpc) is 2.30. The van der Waals surface area contributed by atoms with Gasteiger partial charge in [-0.25, -0.2) is 9.18 Å². The molecular formula is C15H19FO3. The number of halogens is 1. The molecule has 0 amide bonds. The molecule has 1 aliphatic rings. The van der Waals surface area contributed by atoms with Crippen LogP contribution >= 0.6 is 0 Å². The molecule has 0 spiro atoms. The highest BCUT2D eigenvalue weighted by Crippen LogP contribution is 2.32. The van der Waals surface area contributed by atoms with Gasteiger partial charge < -0.3 is 9.84 Å². The molecule has 0 heterocycles. The first kappa shape index (κ1) is 13.8. The van der Waals surface area contributed by atoms with Gasteiger partial charge in [-0.05, 0) is 49.3 Å². The normalized spacial score (nSPS) is 27.0. The number of hydrogen-bond acceptors (Lipinski definition) is 2. The molecule has 2 rings (SSSR count). The van der Waals surface area contributed by atoms with Gasteiger partial charge in [0.1, 0.15) is 0 Å². The van der Waals surface area contributed by atoms with Crippen molar-refractivity contribution in [1.29, 1.82) is 0 Å². The molecule has 1 aromatic rings. The van der Waals surface area contributed by atoms with Crippen LogP contribution in [0.3, 0.4) is 0 Å². The Balaban J connectivity index is 2.08. The van der Waals surface area contributed by atoms with E-state index in [0.717, 1.165) is 18.9 Å². The first-order chi connectivity index (χ1) is 8.95. The maximum Gasteiger partial charge on any atom is 0.335 e. The van der Waals surface area contributed by atoms with E-state index < -0.39 is 11.8 Å². The maximum absolute atomic E-state index is 13.8. The highest BCUT2D eigenvalue weighted by molar-refractivity contribution is 5.87. The maximum atomic E-state index is 13.8. The molecule has 1 aliphatic carbocycles. The Morgan fingerprint density at radius 2 is 1.89 bits per heavy atom. The molecule has 2 unspecified atom stereocenters. The van der Waals surface area contributed by atoms with Crippen molar-refractivity contribution in [2.45, 2.75) is 39.2 Å². The summed E-state index contributed by atoms with van der Waals surface area (Å²) in [4.78, 5) is 10.7. The molecule has 0 saturated heterocycles. The third kappa shape index (κ3) is 3.46. The zero-order valence-electron chi connectivity index (χ0n) is 11.2. The zero-order chi connectivity index (χ0) is 14.0. The molecule has 0 radical (unpaired) electrons. The molecule has 1 fully saturated rings. The summed E-state index contributed by atoms with van der Waals surface area (Å²) in [5.74, 6) is -0.433. The summed E-state index contributed by atoms with van der Waals surface area (Å²) in [6.07, 6.45) is 3.04. The van der Waals surface area contributed by atoms with Gasteiger partial charge >= 0.3 is 5.97 Å². The van der Waals surface area contributed by atoms with E-state index in [9.17, 15) is 9.18 Å². The molecule has 3 nitrogen and oxygen atoms in total. The molecule has 19 heavy (non-hydrogen) atoms. The van der Waals surface area contributed by atoms with Crippen LogP contribution in [-0.2, 0) is 0 Å². The fourth-order valence-electron chi connectivity index (χ4n) is 2.88. The lowest BCUT2D eigenvalue weighted by molar-refractivity contribution is 0.0696. The van der Waals surface area contributed by atoms with E-state index in [4.69, 9.17) is 9.84 Å². The third-order valence-electron chi connectivity index (χ3n) is 3.61. The number of ether oxygens (including phenoxy) is 1. The van der Waals surface area contributed by atoms with Gasteiger partial charge in [-0.15, -0.1) is 0 Å². The standard InChI is InChI=1S/C15H19FO3/c1-9-5-10(2)7-12(6-9)19-14-4-3-11(15(17)18)8-13(14)16/h3-4,8-10,12H,5-7H2,1-2H3,(H,17,18). The van der Waals surface area contributed by atoms with E-state index in [2.05, 4.69) is 13.8 Å². The predicted molar refractivity (Wildman–Crippen MR) is 70.0 cm³/mol. The van der Waals surface area contributed by atoms with Crippen molar-refractivity contribution in [2.24, 2.45) is 11.8 Å². The Labute approximate surface area is 112 Å². The first-order valence-electron chi connectivity index (χ1n) is 6.65. The second kappa shape index (κ2) is 5.59. The average molecular weight is 266 g/mol. The second-order valence-electron chi connectivity index (χ2n) is 5.61. The quantitative estimate of drug-likeness (QED) is 0.906. The molecule has 104 valence electrons. The fourth-order valence-corrected chi connectivity index (χ4v) is 2.88. The van der Waals surface area contributed by atoms with Gasteiger partial charge in [-0.3, -0.25) is 0 Å². The number of carbonyl (C=O) groups is 1. The fraction of sp³-hybridized carbons (Fsp3) is 0.533. The molecule has 2 atom stereocenters. The van der Waals surface area contributed by atoms with E-state index >= 15 is 0 Å². The lowest BCUT2D eigenvalue weighted by Crippen LogP contribution is -2.28. The highest BCUT2D eigenvalue weighted by Gasteiger charge is 2.26. The summed E-state index contributed by atoms with van der Waals surface area (Å²) >= 11 is 0. The van der Waals surface area contributed by atoms with E-state index in [1.54, 1.807) is 0 Å². The van der Waals surface area contributed by atoms with Crippen molar-refractivity contribution in [3.8, 4) is 5.75 Å². The van der Waals surface area contributed by atoms with Gasteiger partial charge in [0.25, 0.3) is 0 Å². The van der Waals surface area contributed by atoms with Crippen LogP contribution in [0.2, 0.25) is 0 Å². The smallest absolute Gasteiger partial charge is 0.335 e. The van der Waals surface area contributed by atoms with Gasteiger partial charge in [0.2, 0.25) is 0 Å². The van der Waals surface area contributed by atoms with Crippen LogP contribution in [0.5, 0.6) is 5.75 Å². The minimum atomic E-state index is -1.13. The Bertz CT molecular complexity index is 462. The number of aromatic carboxylic acids is 1. The van der Waals surface area contributed by atoms with Crippen LogP contribution in [0.4, 0.5) is 4.39 Å². The largest absolute Gasteiger partial charge is 0.487 e. The van der Waals surface area contributed by atoms with Gasteiger partial charge in [0.05, 0.1) is 11.7 Å². The third-order valence-corrected chi connectivity index (χ3v) is 3.61. The van der Waals surface area contributed by atoms with Gasteiger partial charge in [0.15, 0.2) is 11.6 Å². The van der Waals surface area contributed by atoms with Gasteiger partial charge in [0, 0.05) is 0 Å². The number of carboxylic acids is 1. The molecule has 0 aliphatic heterocycles. The number of rotatable bonds is 3. The van der Waals surface area contributed by atoms with Gasteiger partial charge in [-0.1, -0.05) is 13.8 Å². The van der Waals surface area contributed by atoms with E-state index in [1.165, 1.54) is 18.6 Å². The lowest BCUT2D eigenvalue weighted by atomic mass is 9.82.